The number of halogens is 3. The smallest absolute Gasteiger partial charge is 0.416 e. The zero-order valence-electron chi connectivity index (χ0n) is 16.1. The molecule has 29 heavy (non-hydrogen) atoms. The summed E-state index contributed by atoms with van der Waals surface area (Å²) in [6, 6.07) is 4.07. The molecule has 0 radical (unpaired) electrons. The summed E-state index contributed by atoms with van der Waals surface area (Å²) in [7, 11) is 0. The summed E-state index contributed by atoms with van der Waals surface area (Å²) in [6.07, 6.45) is -1.33. The molecule has 0 spiro atoms. The van der Waals surface area contributed by atoms with Gasteiger partial charge in [0.05, 0.1) is 16.6 Å². The van der Waals surface area contributed by atoms with Gasteiger partial charge in [-0.05, 0) is 81.5 Å². The molecule has 158 valence electrons. The molecule has 1 aromatic carbocycles. The van der Waals surface area contributed by atoms with E-state index in [4.69, 9.17) is 4.74 Å². The lowest BCUT2D eigenvalue weighted by atomic mass is 9.48. The fourth-order valence-corrected chi connectivity index (χ4v) is 5.78. The third-order valence-corrected chi connectivity index (χ3v) is 6.60. The van der Waals surface area contributed by atoms with Crippen LogP contribution in [0.2, 0.25) is 0 Å². The number of nitrogens with one attached hydrogen (secondary N) is 1. The van der Waals surface area contributed by atoms with Crippen molar-refractivity contribution >= 4 is 17.6 Å². The maximum absolute atomic E-state index is 12.9. The average Bonchev–Trinajstić information content (AvgIpc) is 2.59. The maximum atomic E-state index is 12.9. The number of carbonyl (C=O) groups excluding carboxylic acids is 2. The number of ether oxygens (including phenoxy) is 1. The van der Waals surface area contributed by atoms with Crippen molar-refractivity contribution in [2.24, 2.45) is 17.3 Å². The highest BCUT2D eigenvalue weighted by atomic mass is 19.4. The van der Waals surface area contributed by atoms with E-state index in [9.17, 15) is 27.9 Å². The van der Waals surface area contributed by atoms with Crippen molar-refractivity contribution in [1.82, 2.24) is 0 Å². The fraction of sp³-hybridized carbons (Fsp3) is 0.619. The zero-order chi connectivity index (χ0) is 21.0. The Morgan fingerprint density at radius 1 is 1.14 bits per heavy atom. The van der Waals surface area contributed by atoms with Crippen LogP contribution in [0.25, 0.3) is 0 Å². The van der Waals surface area contributed by atoms with E-state index in [0.717, 1.165) is 43.5 Å². The number of esters is 1. The van der Waals surface area contributed by atoms with Crippen molar-refractivity contribution in [3.63, 3.8) is 0 Å². The number of aliphatic hydroxyl groups is 1. The Morgan fingerprint density at radius 3 is 2.24 bits per heavy atom. The van der Waals surface area contributed by atoms with Gasteiger partial charge >= 0.3 is 12.1 Å². The van der Waals surface area contributed by atoms with Gasteiger partial charge in [0.2, 0.25) is 0 Å². The van der Waals surface area contributed by atoms with Crippen molar-refractivity contribution in [2.45, 2.75) is 63.3 Å². The van der Waals surface area contributed by atoms with Gasteiger partial charge in [-0.2, -0.15) is 13.2 Å². The third-order valence-electron chi connectivity index (χ3n) is 6.60. The van der Waals surface area contributed by atoms with E-state index < -0.39 is 40.7 Å². The van der Waals surface area contributed by atoms with E-state index in [2.05, 4.69) is 5.32 Å². The second kappa shape index (κ2) is 6.72. The fourth-order valence-electron chi connectivity index (χ4n) is 5.78. The minimum Gasteiger partial charge on any atom is -0.452 e. The van der Waals surface area contributed by atoms with Crippen molar-refractivity contribution < 1.29 is 32.6 Å². The van der Waals surface area contributed by atoms with E-state index in [1.807, 2.05) is 0 Å². The Morgan fingerprint density at radius 2 is 1.72 bits per heavy atom. The number of alkyl halides is 3. The Balaban J connectivity index is 1.38. The monoisotopic (exact) mass is 411 g/mol. The van der Waals surface area contributed by atoms with Crippen LogP contribution < -0.4 is 5.32 Å². The first-order chi connectivity index (χ1) is 13.5. The van der Waals surface area contributed by atoms with Gasteiger partial charge in [0.25, 0.3) is 5.91 Å². The number of rotatable bonds is 4. The van der Waals surface area contributed by atoms with Gasteiger partial charge in [-0.25, -0.2) is 0 Å². The van der Waals surface area contributed by atoms with Gasteiger partial charge in [0.15, 0.2) is 6.10 Å². The second-order valence-corrected chi connectivity index (χ2v) is 9.08. The van der Waals surface area contributed by atoms with Crippen LogP contribution >= 0.6 is 0 Å². The Kier molecular flexibility index (Phi) is 4.68. The molecule has 3 unspecified atom stereocenters. The van der Waals surface area contributed by atoms with E-state index in [1.54, 1.807) is 0 Å². The van der Waals surface area contributed by atoms with Crippen LogP contribution in [0.15, 0.2) is 24.3 Å². The van der Waals surface area contributed by atoms with Crippen LogP contribution in [-0.2, 0) is 20.5 Å². The van der Waals surface area contributed by atoms with Crippen LogP contribution in [0.5, 0.6) is 0 Å². The molecule has 0 aliphatic heterocycles. The molecule has 0 heterocycles. The summed E-state index contributed by atoms with van der Waals surface area (Å²) in [5.74, 6) is -0.447. The summed E-state index contributed by atoms with van der Waals surface area (Å²) in [4.78, 5) is 25.3. The largest absolute Gasteiger partial charge is 0.452 e. The molecule has 5 rings (SSSR count). The van der Waals surface area contributed by atoms with E-state index >= 15 is 0 Å². The highest BCUT2D eigenvalue weighted by Gasteiger charge is 2.61. The lowest BCUT2D eigenvalue weighted by Crippen LogP contribution is -2.59. The first-order valence-electron chi connectivity index (χ1n) is 9.90. The number of hydrogen-bond acceptors (Lipinski definition) is 4. The van der Waals surface area contributed by atoms with Crippen molar-refractivity contribution in [1.29, 1.82) is 0 Å². The third kappa shape index (κ3) is 3.86. The lowest BCUT2D eigenvalue weighted by Gasteiger charge is -2.58. The zero-order valence-corrected chi connectivity index (χ0v) is 16.1. The number of benzene rings is 1. The van der Waals surface area contributed by atoms with Gasteiger partial charge < -0.3 is 15.2 Å². The number of anilines is 1. The topological polar surface area (TPSA) is 75.6 Å². The van der Waals surface area contributed by atoms with Crippen molar-refractivity contribution in [3.05, 3.63) is 29.8 Å². The van der Waals surface area contributed by atoms with Crippen molar-refractivity contribution in [3.8, 4) is 0 Å². The van der Waals surface area contributed by atoms with Gasteiger partial charge in [0.1, 0.15) is 0 Å². The lowest BCUT2D eigenvalue weighted by molar-refractivity contribution is -0.199. The molecule has 4 fully saturated rings. The van der Waals surface area contributed by atoms with E-state index in [-0.39, 0.29) is 5.69 Å². The predicted molar refractivity (Wildman–Crippen MR) is 97.7 cm³/mol. The molecule has 1 aromatic rings. The maximum Gasteiger partial charge on any atom is 0.416 e. The Hall–Kier alpha value is -2.09. The molecule has 5 nitrogen and oxygen atoms in total. The molecule has 1 amide bonds. The molecule has 0 aromatic heterocycles. The minimum atomic E-state index is -4.45. The average molecular weight is 411 g/mol. The molecule has 4 bridgehead atoms. The molecule has 3 atom stereocenters. The van der Waals surface area contributed by atoms with Crippen LogP contribution in [0, 0.1) is 17.3 Å². The van der Waals surface area contributed by atoms with Gasteiger partial charge in [0, 0.05) is 5.69 Å². The highest BCUT2D eigenvalue weighted by molar-refractivity contribution is 5.95. The molecule has 0 saturated heterocycles. The first-order valence-corrected chi connectivity index (χ1v) is 9.90. The quantitative estimate of drug-likeness (QED) is 0.737. The normalized spacial score (nSPS) is 34.0. The van der Waals surface area contributed by atoms with E-state index in [0.29, 0.717) is 31.1 Å². The summed E-state index contributed by atoms with van der Waals surface area (Å²) in [6.45, 7) is 1.44. The molecular formula is C21H24F3NO4. The van der Waals surface area contributed by atoms with Crippen LogP contribution in [0.3, 0.4) is 0 Å². The van der Waals surface area contributed by atoms with Gasteiger partial charge in [-0.1, -0.05) is 0 Å². The molecule has 8 heteroatoms. The highest BCUT2D eigenvalue weighted by Crippen LogP contribution is 2.62. The molecular weight excluding hydrogens is 387 g/mol. The van der Waals surface area contributed by atoms with E-state index in [1.165, 1.54) is 6.92 Å². The minimum absolute atomic E-state index is 0.190. The molecule has 4 saturated carbocycles. The standard InChI is InChI=1S/C21H24F3NO4/c1-12(17(26)25-16-4-2-15(3-5-16)21(22,23)24)29-18(27)19-7-13-6-14(8-19)10-20(28,9-13)11-19/h2-5,12-14,28H,6-11H2,1H3,(H,25,26). The summed E-state index contributed by atoms with van der Waals surface area (Å²) in [5, 5.41) is 13.2. The summed E-state index contributed by atoms with van der Waals surface area (Å²) < 4.78 is 43.3. The number of amides is 1. The van der Waals surface area contributed by atoms with Crippen LogP contribution in [-0.4, -0.2) is 28.7 Å². The molecule has 4 aliphatic carbocycles. The number of hydrogen-bond donors (Lipinski definition) is 2. The molecule has 2 N–H and O–H groups in total. The SMILES string of the molecule is CC(OC(=O)C12CC3CC(CC(O)(C3)C1)C2)C(=O)Nc1ccc(C(F)(F)F)cc1. The first kappa shape index (κ1) is 20.2. The van der Waals surface area contributed by atoms with Gasteiger partial charge in [-0.3, -0.25) is 9.59 Å². The summed E-state index contributed by atoms with van der Waals surface area (Å²) in [5.41, 5.74) is -2.17. The predicted octanol–water partition coefficient (Wildman–Crippen LogP) is 3.91. The van der Waals surface area contributed by atoms with Crippen LogP contribution in [0.4, 0.5) is 18.9 Å². The van der Waals surface area contributed by atoms with Crippen molar-refractivity contribution in [2.75, 3.05) is 5.32 Å². The number of carbonyl (C=O) groups is 2. The molecule has 4 aliphatic rings. The second-order valence-electron chi connectivity index (χ2n) is 9.08. The Bertz CT molecular complexity index is 806. The summed E-state index contributed by atoms with van der Waals surface area (Å²) >= 11 is 0. The Labute approximate surface area is 166 Å². The van der Waals surface area contributed by atoms with Gasteiger partial charge in [-0.15, -0.1) is 0 Å². The van der Waals surface area contributed by atoms with Crippen LogP contribution in [0.1, 0.15) is 51.0 Å².